The van der Waals surface area contributed by atoms with Crippen LogP contribution in [0.4, 0.5) is 34.5 Å². The van der Waals surface area contributed by atoms with Gasteiger partial charge in [0, 0.05) is 78.2 Å². The summed E-state index contributed by atoms with van der Waals surface area (Å²) in [6, 6.07) is 14.0. The number of fused-ring (bicyclic) bond motifs is 2. The highest BCUT2D eigenvalue weighted by atomic mass is 16.5. The molecule has 1 unspecified atom stereocenters. The van der Waals surface area contributed by atoms with Crippen molar-refractivity contribution in [3.63, 3.8) is 0 Å². The van der Waals surface area contributed by atoms with Crippen molar-refractivity contribution in [1.29, 1.82) is 0 Å². The summed E-state index contributed by atoms with van der Waals surface area (Å²) in [7, 11) is 5.92. The maximum atomic E-state index is 13.2. The van der Waals surface area contributed by atoms with E-state index in [2.05, 4.69) is 62.1 Å². The van der Waals surface area contributed by atoms with E-state index in [4.69, 9.17) is 9.72 Å². The summed E-state index contributed by atoms with van der Waals surface area (Å²) in [5, 5.41) is 6.73. The Morgan fingerprint density at radius 3 is 2.52 bits per heavy atom. The number of piperazine rings is 1. The Kier molecular flexibility index (Phi) is 11.8. The van der Waals surface area contributed by atoms with E-state index in [0.29, 0.717) is 29.6 Å². The molecule has 6 rings (SSSR count). The number of anilines is 6. The van der Waals surface area contributed by atoms with Crippen LogP contribution < -0.4 is 30.1 Å². The first-order chi connectivity index (χ1) is 24.3. The highest BCUT2D eigenvalue weighted by molar-refractivity contribution is 6.13. The zero-order valence-corrected chi connectivity index (χ0v) is 30.4. The van der Waals surface area contributed by atoms with Gasteiger partial charge in [-0.05, 0) is 82.0 Å². The monoisotopic (exact) mass is 681 g/mol. The Hall–Kier alpha value is -4.35. The molecule has 0 aliphatic carbocycles. The van der Waals surface area contributed by atoms with Crippen LogP contribution in [0.5, 0.6) is 5.75 Å². The number of amides is 1. The number of nitrogens with zero attached hydrogens (tertiary/aromatic N) is 7. The van der Waals surface area contributed by atoms with E-state index in [1.165, 1.54) is 70.5 Å². The van der Waals surface area contributed by atoms with Gasteiger partial charge in [0.15, 0.2) is 5.82 Å². The second kappa shape index (κ2) is 16.6. The van der Waals surface area contributed by atoms with Gasteiger partial charge in [0.1, 0.15) is 11.4 Å². The fourth-order valence-corrected chi connectivity index (χ4v) is 7.53. The van der Waals surface area contributed by atoms with Crippen LogP contribution in [0.2, 0.25) is 0 Å². The van der Waals surface area contributed by atoms with Crippen molar-refractivity contribution in [3.8, 4) is 5.75 Å². The van der Waals surface area contributed by atoms with Crippen molar-refractivity contribution < 1.29 is 9.53 Å². The molecule has 2 aromatic carbocycles. The average Bonchev–Trinajstić information content (AvgIpc) is 3.21. The van der Waals surface area contributed by atoms with Crippen LogP contribution >= 0.6 is 0 Å². The van der Waals surface area contributed by atoms with Crippen LogP contribution in [0.3, 0.4) is 0 Å². The number of aromatic nitrogens is 2. The molecule has 0 bridgehead atoms. The molecule has 2 N–H and O–H groups in total. The maximum Gasteiger partial charge on any atom is 0.260 e. The van der Waals surface area contributed by atoms with E-state index in [-0.39, 0.29) is 5.91 Å². The standard InChI is InChI=1S/C39H55N9O2/c1-6-40-19-16-30(28-47-24-22-44(3)23-25-47)13-12-29-17-20-48(21-18-29)31-14-15-33(36(26-31)50-7-2)42-39-41-27-35-37(43-39)45(4)34-11-9-8-10-32(34)38(49)46(35)5/h6,8-11,14-15,26-27,29-30,40H,1,7,12-13,16-25,28H2,2-5H3,(H,41,42,43). The molecule has 3 aliphatic rings. The lowest BCUT2D eigenvalue weighted by Gasteiger charge is -2.36. The average molecular weight is 682 g/mol. The molecular weight excluding hydrogens is 626 g/mol. The van der Waals surface area contributed by atoms with Crippen LogP contribution in [-0.4, -0.2) is 106 Å². The molecule has 268 valence electrons. The predicted molar refractivity (Wildman–Crippen MR) is 205 cm³/mol. The number of hydrogen-bond acceptors (Lipinski definition) is 10. The quantitative estimate of drug-likeness (QED) is 0.199. The van der Waals surface area contributed by atoms with Crippen molar-refractivity contribution >= 4 is 40.4 Å². The van der Waals surface area contributed by atoms with E-state index in [9.17, 15) is 4.79 Å². The molecular formula is C39H55N9O2. The topological polar surface area (TPSA) is 92.3 Å². The number of benzene rings is 2. The SMILES string of the molecule is C=CNCCC(CCC1CCN(c2ccc(Nc3ncc4c(n3)N(C)c3ccccc3C(=O)N4C)c(OCC)c2)CC1)CN1CCN(C)CC1. The van der Waals surface area contributed by atoms with Crippen molar-refractivity contribution in [2.75, 3.05) is 100 Å². The highest BCUT2D eigenvalue weighted by Gasteiger charge is 2.29. The number of rotatable bonds is 14. The van der Waals surface area contributed by atoms with Gasteiger partial charge in [-0.15, -0.1) is 0 Å². The molecule has 2 fully saturated rings. The zero-order chi connectivity index (χ0) is 35.0. The summed E-state index contributed by atoms with van der Waals surface area (Å²) in [5.74, 6) is 3.27. The minimum Gasteiger partial charge on any atom is -0.492 e. The van der Waals surface area contributed by atoms with Crippen LogP contribution in [0, 0.1) is 11.8 Å². The predicted octanol–water partition coefficient (Wildman–Crippen LogP) is 5.96. The van der Waals surface area contributed by atoms with E-state index in [1.807, 2.05) is 49.3 Å². The number of nitrogens with one attached hydrogen (secondary N) is 2. The molecule has 1 atom stereocenters. The number of para-hydroxylation sites is 1. The van der Waals surface area contributed by atoms with Crippen LogP contribution in [0.25, 0.3) is 0 Å². The molecule has 3 aromatic rings. The smallest absolute Gasteiger partial charge is 0.260 e. The van der Waals surface area contributed by atoms with E-state index in [1.54, 1.807) is 18.1 Å². The summed E-state index contributed by atoms with van der Waals surface area (Å²) in [6.45, 7) is 15.4. The van der Waals surface area contributed by atoms with Gasteiger partial charge >= 0.3 is 0 Å². The highest BCUT2D eigenvalue weighted by Crippen LogP contribution is 2.39. The van der Waals surface area contributed by atoms with Crippen molar-refractivity contribution in [1.82, 2.24) is 25.1 Å². The molecule has 4 heterocycles. The lowest BCUT2D eigenvalue weighted by Crippen LogP contribution is -2.46. The number of carbonyl (C=O) groups is 1. The van der Waals surface area contributed by atoms with Gasteiger partial charge in [-0.1, -0.05) is 25.1 Å². The fraction of sp³-hybridized carbons (Fsp3) is 0.513. The molecule has 0 saturated carbocycles. The number of hydrogen-bond donors (Lipinski definition) is 2. The lowest BCUT2D eigenvalue weighted by molar-refractivity contribution is 0.0994. The summed E-state index contributed by atoms with van der Waals surface area (Å²) in [6.07, 6.45) is 9.76. The van der Waals surface area contributed by atoms with E-state index >= 15 is 0 Å². The minimum absolute atomic E-state index is 0.0871. The van der Waals surface area contributed by atoms with Gasteiger partial charge in [0.25, 0.3) is 5.91 Å². The first-order valence-electron chi connectivity index (χ1n) is 18.4. The van der Waals surface area contributed by atoms with Gasteiger partial charge in [0.05, 0.1) is 29.7 Å². The summed E-state index contributed by atoms with van der Waals surface area (Å²) < 4.78 is 6.14. The third-order valence-corrected chi connectivity index (χ3v) is 10.7. The van der Waals surface area contributed by atoms with E-state index < -0.39 is 0 Å². The lowest BCUT2D eigenvalue weighted by atomic mass is 9.87. The first kappa shape index (κ1) is 35.5. The number of likely N-dealkylation sites (N-methyl/N-ethyl adjacent to an activating group) is 1. The van der Waals surface area contributed by atoms with Gasteiger partial charge in [0.2, 0.25) is 5.95 Å². The van der Waals surface area contributed by atoms with Crippen LogP contribution in [0.15, 0.2) is 61.4 Å². The Labute approximate surface area is 298 Å². The molecule has 1 aromatic heterocycles. The normalized spacial score (nSPS) is 17.9. The minimum atomic E-state index is -0.0871. The number of ether oxygens (including phenoxy) is 1. The summed E-state index contributed by atoms with van der Waals surface area (Å²) in [4.78, 5) is 33.8. The number of carbonyl (C=O) groups excluding carboxylic acids is 1. The van der Waals surface area contributed by atoms with Crippen molar-refractivity contribution in [2.45, 2.75) is 39.0 Å². The first-order valence-corrected chi connectivity index (χ1v) is 18.4. The Balaban J connectivity index is 1.08. The second-order valence-electron chi connectivity index (χ2n) is 14.0. The molecule has 11 nitrogen and oxygen atoms in total. The van der Waals surface area contributed by atoms with Gasteiger partial charge in [-0.2, -0.15) is 4.98 Å². The Morgan fingerprint density at radius 1 is 0.980 bits per heavy atom. The van der Waals surface area contributed by atoms with Crippen molar-refractivity contribution in [2.24, 2.45) is 11.8 Å². The molecule has 3 aliphatic heterocycles. The molecule has 0 radical (unpaired) electrons. The Morgan fingerprint density at radius 2 is 1.76 bits per heavy atom. The summed E-state index contributed by atoms with van der Waals surface area (Å²) in [5.41, 5.74) is 4.08. The van der Waals surface area contributed by atoms with Gasteiger partial charge < -0.3 is 39.9 Å². The maximum absolute atomic E-state index is 13.2. The molecule has 2 saturated heterocycles. The third kappa shape index (κ3) is 8.33. The van der Waals surface area contributed by atoms with E-state index in [0.717, 1.165) is 48.6 Å². The summed E-state index contributed by atoms with van der Waals surface area (Å²) >= 11 is 0. The number of piperidine rings is 1. The van der Waals surface area contributed by atoms with Crippen LogP contribution in [-0.2, 0) is 0 Å². The molecule has 11 heteroatoms. The largest absolute Gasteiger partial charge is 0.492 e. The van der Waals surface area contributed by atoms with Crippen molar-refractivity contribution in [3.05, 3.63) is 67.0 Å². The van der Waals surface area contributed by atoms with Crippen LogP contribution in [0.1, 0.15) is 49.4 Å². The molecule has 50 heavy (non-hydrogen) atoms. The molecule has 0 spiro atoms. The fourth-order valence-electron chi connectivity index (χ4n) is 7.53. The van der Waals surface area contributed by atoms with Gasteiger partial charge in [-0.3, -0.25) is 4.79 Å². The van der Waals surface area contributed by atoms with Gasteiger partial charge in [-0.25, -0.2) is 4.98 Å². The zero-order valence-electron chi connectivity index (χ0n) is 30.4. The molecule has 1 amide bonds. The Bertz CT molecular complexity index is 1600. The second-order valence-corrected chi connectivity index (χ2v) is 14.0. The third-order valence-electron chi connectivity index (χ3n) is 10.7.